The van der Waals surface area contributed by atoms with Crippen LogP contribution < -0.4 is 15.5 Å². The summed E-state index contributed by atoms with van der Waals surface area (Å²) in [6.07, 6.45) is 0. The van der Waals surface area contributed by atoms with Crippen LogP contribution in [-0.4, -0.2) is 67.4 Å². The monoisotopic (exact) mass is 543 g/mol. The molecule has 39 heavy (non-hydrogen) atoms. The number of carbonyl (C=O) groups excluding carboxylic acids is 2. The van der Waals surface area contributed by atoms with Gasteiger partial charge in [0, 0.05) is 54.2 Å². The van der Waals surface area contributed by atoms with Gasteiger partial charge in [0.1, 0.15) is 0 Å². The average Bonchev–Trinajstić information content (AvgIpc) is 3.24. The lowest BCUT2D eigenvalue weighted by Gasteiger charge is -2.43. The Morgan fingerprint density at radius 1 is 1.03 bits per heavy atom. The molecule has 0 aromatic heterocycles. The van der Waals surface area contributed by atoms with Gasteiger partial charge in [0.2, 0.25) is 5.91 Å². The predicted molar refractivity (Wildman–Crippen MR) is 160 cm³/mol. The molecular formula is C31H34ClN5O2. The maximum atomic E-state index is 13.2. The molecule has 2 amide bonds. The Labute approximate surface area is 235 Å². The highest BCUT2D eigenvalue weighted by atomic mass is 35.5. The molecule has 1 saturated heterocycles. The molecule has 3 aromatic carbocycles. The fraction of sp³-hybridized carbons (Fsp3) is 0.290. The molecule has 1 fully saturated rings. The summed E-state index contributed by atoms with van der Waals surface area (Å²) in [5, 5.41) is 6.97. The van der Waals surface area contributed by atoms with Crippen LogP contribution in [0.3, 0.4) is 0 Å². The SMILES string of the molecule is CC1CN(C)CC(C)N1CC(=O)N(C)c1ccc(NC(=C2C(=O)Nc3cc(Cl)ccc32)c2ccccc2)cc1. The van der Waals surface area contributed by atoms with Crippen LogP contribution in [0.5, 0.6) is 0 Å². The number of rotatable bonds is 6. The van der Waals surface area contributed by atoms with Gasteiger partial charge in [-0.05, 0) is 62.9 Å². The number of hydrogen-bond donors (Lipinski definition) is 2. The largest absolute Gasteiger partial charge is 0.354 e. The normalized spacial score (nSPS) is 20.8. The van der Waals surface area contributed by atoms with Crippen molar-refractivity contribution in [3.63, 3.8) is 0 Å². The van der Waals surface area contributed by atoms with E-state index in [1.165, 1.54) is 0 Å². The highest BCUT2D eigenvalue weighted by Gasteiger charge is 2.31. The molecule has 2 aliphatic heterocycles. The zero-order valence-electron chi connectivity index (χ0n) is 22.7. The van der Waals surface area contributed by atoms with Crippen LogP contribution in [0, 0.1) is 0 Å². The number of halogens is 1. The van der Waals surface area contributed by atoms with E-state index in [2.05, 4.69) is 41.3 Å². The van der Waals surface area contributed by atoms with Crippen molar-refractivity contribution in [1.29, 1.82) is 0 Å². The molecule has 3 aromatic rings. The summed E-state index contributed by atoms with van der Waals surface area (Å²) in [5.74, 6) is -0.128. The molecular weight excluding hydrogens is 510 g/mol. The summed E-state index contributed by atoms with van der Waals surface area (Å²) in [6, 6.07) is 23.5. The minimum Gasteiger partial charge on any atom is -0.354 e. The van der Waals surface area contributed by atoms with Crippen molar-refractivity contribution in [3.8, 4) is 0 Å². The predicted octanol–water partition coefficient (Wildman–Crippen LogP) is 5.26. The smallest absolute Gasteiger partial charge is 0.258 e. The fourth-order valence-corrected chi connectivity index (χ4v) is 5.70. The van der Waals surface area contributed by atoms with Crippen molar-refractivity contribution in [2.75, 3.05) is 49.3 Å². The summed E-state index contributed by atoms with van der Waals surface area (Å²) < 4.78 is 0. The first-order valence-corrected chi connectivity index (χ1v) is 13.6. The molecule has 2 atom stereocenters. The molecule has 2 aliphatic rings. The van der Waals surface area contributed by atoms with Gasteiger partial charge in [-0.3, -0.25) is 14.5 Å². The number of benzene rings is 3. The minimum absolute atomic E-state index is 0.0592. The van der Waals surface area contributed by atoms with Crippen molar-refractivity contribution in [1.82, 2.24) is 9.80 Å². The second-order valence-electron chi connectivity index (χ2n) is 10.5. The molecule has 0 radical (unpaired) electrons. The van der Waals surface area contributed by atoms with Gasteiger partial charge < -0.3 is 20.4 Å². The zero-order valence-corrected chi connectivity index (χ0v) is 23.5. The maximum Gasteiger partial charge on any atom is 0.258 e. The van der Waals surface area contributed by atoms with Crippen molar-refractivity contribution in [2.24, 2.45) is 0 Å². The molecule has 2 heterocycles. The van der Waals surface area contributed by atoms with Crippen molar-refractivity contribution < 1.29 is 9.59 Å². The Bertz CT molecular complexity index is 1390. The molecule has 0 spiro atoms. The number of nitrogens with one attached hydrogen (secondary N) is 2. The summed E-state index contributed by atoms with van der Waals surface area (Å²) in [5.41, 5.74) is 5.25. The maximum absolute atomic E-state index is 13.2. The Hall–Kier alpha value is -3.65. The van der Waals surface area contributed by atoms with Gasteiger partial charge in [0.25, 0.3) is 5.91 Å². The number of carbonyl (C=O) groups is 2. The molecule has 202 valence electrons. The van der Waals surface area contributed by atoms with E-state index in [-0.39, 0.29) is 11.8 Å². The van der Waals surface area contributed by atoms with Crippen LogP contribution in [0.4, 0.5) is 17.1 Å². The van der Waals surface area contributed by atoms with Gasteiger partial charge in [-0.1, -0.05) is 48.0 Å². The second-order valence-corrected chi connectivity index (χ2v) is 10.9. The number of amides is 2. The van der Waals surface area contributed by atoms with E-state index in [4.69, 9.17) is 11.6 Å². The zero-order chi connectivity index (χ0) is 27.7. The van der Waals surface area contributed by atoms with E-state index < -0.39 is 0 Å². The first-order valence-electron chi connectivity index (χ1n) is 13.2. The van der Waals surface area contributed by atoms with E-state index in [0.717, 1.165) is 35.6 Å². The number of piperazine rings is 1. The lowest BCUT2D eigenvalue weighted by atomic mass is 10.00. The van der Waals surface area contributed by atoms with Crippen LogP contribution in [0.1, 0.15) is 25.0 Å². The van der Waals surface area contributed by atoms with Crippen LogP contribution in [0.25, 0.3) is 11.3 Å². The highest BCUT2D eigenvalue weighted by Crippen LogP contribution is 2.38. The number of hydrogen-bond acceptors (Lipinski definition) is 5. The van der Waals surface area contributed by atoms with Crippen LogP contribution >= 0.6 is 11.6 Å². The van der Waals surface area contributed by atoms with Crippen molar-refractivity contribution in [3.05, 3.63) is 88.9 Å². The van der Waals surface area contributed by atoms with E-state index in [9.17, 15) is 9.59 Å². The molecule has 0 saturated carbocycles. The highest BCUT2D eigenvalue weighted by molar-refractivity contribution is 6.38. The first-order chi connectivity index (χ1) is 18.7. The quantitative estimate of drug-likeness (QED) is 0.415. The summed E-state index contributed by atoms with van der Waals surface area (Å²) in [6.45, 7) is 6.65. The molecule has 0 aliphatic carbocycles. The molecule has 5 rings (SSSR count). The Balaban J connectivity index is 1.38. The summed E-state index contributed by atoms with van der Waals surface area (Å²) in [7, 11) is 3.94. The number of likely N-dealkylation sites (N-methyl/N-ethyl adjacent to an activating group) is 2. The Morgan fingerprint density at radius 2 is 1.69 bits per heavy atom. The van der Waals surface area contributed by atoms with Crippen LogP contribution in [0.2, 0.25) is 5.02 Å². The molecule has 0 bridgehead atoms. The molecule has 8 heteroatoms. The third kappa shape index (κ3) is 5.71. The van der Waals surface area contributed by atoms with Gasteiger partial charge >= 0.3 is 0 Å². The fourth-order valence-electron chi connectivity index (χ4n) is 5.53. The minimum atomic E-state index is -0.187. The topological polar surface area (TPSA) is 67.9 Å². The first kappa shape index (κ1) is 26.9. The lowest BCUT2D eigenvalue weighted by Crippen LogP contribution is -2.57. The van der Waals surface area contributed by atoms with Gasteiger partial charge in [-0.2, -0.15) is 0 Å². The van der Waals surface area contributed by atoms with Crippen LogP contribution in [-0.2, 0) is 9.59 Å². The van der Waals surface area contributed by atoms with E-state index in [0.29, 0.717) is 40.6 Å². The summed E-state index contributed by atoms with van der Waals surface area (Å²) in [4.78, 5) is 32.6. The van der Waals surface area contributed by atoms with Gasteiger partial charge in [-0.15, -0.1) is 0 Å². The molecule has 2 unspecified atom stereocenters. The van der Waals surface area contributed by atoms with Crippen molar-refractivity contribution in [2.45, 2.75) is 25.9 Å². The third-order valence-electron chi connectivity index (χ3n) is 7.54. The van der Waals surface area contributed by atoms with Crippen LogP contribution in [0.15, 0.2) is 72.8 Å². The number of fused-ring (bicyclic) bond motifs is 1. The van der Waals surface area contributed by atoms with Crippen molar-refractivity contribution >= 4 is 51.7 Å². The Kier molecular flexibility index (Phi) is 7.75. The van der Waals surface area contributed by atoms with Gasteiger partial charge in [0.15, 0.2) is 0 Å². The molecule has 2 N–H and O–H groups in total. The number of nitrogens with zero attached hydrogens (tertiary/aromatic N) is 3. The standard InChI is InChI=1S/C31H34ClN5O2/c1-20-17-35(3)18-21(2)37(20)19-28(38)36(4)25-13-11-24(12-14-25)33-30(22-8-6-5-7-9-22)29-26-15-10-23(32)16-27(26)34-31(29)39/h5-16,20-21,33H,17-19H2,1-4H3,(H,34,39). The average molecular weight is 544 g/mol. The van der Waals surface area contributed by atoms with Gasteiger partial charge in [-0.25, -0.2) is 0 Å². The molecule has 7 nitrogen and oxygen atoms in total. The summed E-state index contributed by atoms with van der Waals surface area (Å²) >= 11 is 6.17. The van der Waals surface area contributed by atoms with E-state index in [1.54, 1.807) is 17.0 Å². The number of anilines is 3. The lowest BCUT2D eigenvalue weighted by molar-refractivity contribution is -0.121. The second kappa shape index (κ2) is 11.2. The van der Waals surface area contributed by atoms with Gasteiger partial charge in [0.05, 0.1) is 23.5 Å². The van der Waals surface area contributed by atoms with E-state index >= 15 is 0 Å². The third-order valence-corrected chi connectivity index (χ3v) is 7.77. The van der Waals surface area contributed by atoms with E-state index in [1.807, 2.05) is 67.7 Å². The Morgan fingerprint density at radius 3 is 2.36 bits per heavy atom.